The molecule has 0 fully saturated rings. The molecule has 0 N–H and O–H groups in total. The Hall–Kier alpha value is -2.80. The SMILES string of the molecule is CCN(CC)C(=O)CSc1nnc(COc2ccccc2C)n1CCc1ccccc1. The maximum Gasteiger partial charge on any atom is 0.233 e. The zero-order chi connectivity index (χ0) is 22.1. The fourth-order valence-electron chi connectivity index (χ4n) is 3.30. The van der Waals surface area contributed by atoms with Crippen LogP contribution in [0.5, 0.6) is 5.75 Å². The van der Waals surface area contributed by atoms with Crippen LogP contribution in [0.3, 0.4) is 0 Å². The van der Waals surface area contributed by atoms with E-state index in [0.29, 0.717) is 25.4 Å². The Bertz CT molecular complexity index is 971. The molecule has 1 amide bonds. The van der Waals surface area contributed by atoms with E-state index in [4.69, 9.17) is 4.74 Å². The predicted molar refractivity (Wildman–Crippen MR) is 124 cm³/mol. The Kier molecular flexibility index (Phi) is 8.53. The first-order valence-electron chi connectivity index (χ1n) is 10.7. The number of nitrogens with zero attached hydrogens (tertiary/aromatic N) is 4. The van der Waals surface area contributed by atoms with Crippen LogP contribution in [0.25, 0.3) is 0 Å². The summed E-state index contributed by atoms with van der Waals surface area (Å²) in [6.07, 6.45) is 0.855. The van der Waals surface area contributed by atoms with Crippen molar-refractivity contribution in [3.05, 3.63) is 71.5 Å². The number of aryl methyl sites for hydroxylation is 2. The number of benzene rings is 2. The Labute approximate surface area is 188 Å². The van der Waals surface area contributed by atoms with Crippen LogP contribution in [-0.4, -0.2) is 44.4 Å². The first kappa shape index (κ1) is 22.9. The molecule has 3 rings (SSSR count). The summed E-state index contributed by atoms with van der Waals surface area (Å²) in [4.78, 5) is 14.3. The third-order valence-electron chi connectivity index (χ3n) is 5.15. The number of para-hydroxylation sites is 1. The fourth-order valence-corrected chi connectivity index (χ4v) is 4.18. The van der Waals surface area contributed by atoms with Crippen LogP contribution < -0.4 is 4.74 Å². The van der Waals surface area contributed by atoms with Crippen molar-refractivity contribution in [2.45, 2.75) is 45.5 Å². The van der Waals surface area contributed by atoms with Crippen molar-refractivity contribution in [3.63, 3.8) is 0 Å². The number of hydrogen-bond acceptors (Lipinski definition) is 5. The van der Waals surface area contributed by atoms with Gasteiger partial charge >= 0.3 is 0 Å². The van der Waals surface area contributed by atoms with Crippen LogP contribution in [0.1, 0.15) is 30.8 Å². The van der Waals surface area contributed by atoms with Crippen LogP contribution in [-0.2, 0) is 24.4 Å². The number of aromatic nitrogens is 3. The van der Waals surface area contributed by atoms with Crippen molar-refractivity contribution >= 4 is 17.7 Å². The number of carbonyl (C=O) groups is 1. The number of rotatable bonds is 11. The molecule has 0 saturated carbocycles. The van der Waals surface area contributed by atoms with Crippen molar-refractivity contribution < 1.29 is 9.53 Å². The van der Waals surface area contributed by atoms with Crippen LogP contribution >= 0.6 is 11.8 Å². The van der Waals surface area contributed by atoms with Gasteiger partial charge in [0.25, 0.3) is 0 Å². The monoisotopic (exact) mass is 438 g/mol. The van der Waals surface area contributed by atoms with Crippen molar-refractivity contribution in [2.24, 2.45) is 0 Å². The molecule has 2 aromatic carbocycles. The van der Waals surface area contributed by atoms with Gasteiger partial charge in [-0.25, -0.2) is 0 Å². The molecule has 0 aliphatic rings. The summed E-state index contributed by atoms with van der Waals surface area (Å²) in [7, 11) is 0. The third kappa shape index (κ3) is 6.34. The van der Waals surface area contributed by atoms with Gasteiger partial charge in [0.1, 0.15) is 12.4 Å². The first-order valence-corrected chi connectivity index (χ1v) is 11.7. The fraction of sp³-hybridized carbons (Fsp3) is 0.375. The molecule has 6 nitrogen and oxygen atoms in total. The van der Waals surface area contributed by atoms with E-state index < -0.39 is 0 Å². The summed E-state index contributed by atoms with van der Waals surface area (Å²) in [6, 6.07) is 18.3. The second-order valence-electron chi connectivity index (χ2n) is 7.19. The average molecular weight is 439 g/mol. The first-order chi connectivity index (χ1) is 15.1. The molecule has 1 heterocycles. The van der Waals surface area contributed by atoms with E-state index in [-0.39, 0.29) is 5.91 Å². The molecule has 0 atom stereocenters. The minimum Gasteiger partial charge on any atom is -0.485 e. The lowest BCUT2D eigenvalue weighted by Gasteiger charge is -2.18. The van der Waals surface area contributed by atoms with Crippen molar-refractivity contribution in [2.75, 3.05) is 18.8 Å². The topological polar surface area (TPSA) is 60.3 Å². The van der Waals surface area contributed by atoms with E-state index in [9.17, 15) is 4.79 Å². The minimum absolute atomic E-state index is 0.116. The summed E-state index contributed by atoms with van der Waals surface area (Å²) in [5.74, 6) is 2.07. The Morgan fingerprint density at radius 2 is 1.74 bits per heavy atom. The number of amides is 1. The van der Waals surface area contributed by atoms with Crippen LogP contribution in [0.15, 0.2) is 59.8 Å². The van der Waals surface area contributed by atoms with E-state index in [1.165, 1.54) is 17.3 Å². The molecule has 3 aromatic rings. The second kappa shape index (κ2) is 11.6. The molecule has 0 aliphatic carbocycles. The van der Waals surface area contributed by atoms with Gasteiger partial charge in [-0.1, -0.05) is 60.3 Å². The Balaban J connectivity index is 1.74. The largest absolute Gasteiger partial charge is 0.485 e. The quantitative estimate of drug-likeness (QED) is 0.416. The summed E-state index contributed by atoms with van der Waals surface area (Å²) in [6.45, 7) is 8.50. The molecular weight excluding hydrogens is 408 g/mol. The highest BCUT2D eigenvalue weighted by Crippen LogP contribution is 2.21. The van der Waals surface area contributed by atoms with Gasteiger partial charge in [0.2, 0.25) is 5.91 Å². The van der Waals surface area contributed by atoms with Crippen molar-refractivity contribution in [1.82, 2.24) is 19.7 Å². The molecule has 0 aliphatic heterocycles. The highest BCUT2D eigenvalue weighted by Gasteiger charge is 2.17. The number of ether oxygens (including phenoxy) is 1. The van der Waals surface area contributed by atoms with Gasteiger partial charge in [0, 0.05) is 19.6 Å². The number of hydrogen-bond donors (Lipinski definition) is 0. The lowest BCUT2D eigenvalue weighted by atomic mass is 10.1. The molecule has 0 spiro atoms. The van der Waals surface area contributed by atoms with Gasteiger partial charge < -0.3 is 14.2 Å². The van der Waals surface area contributed by atoms with Gasteiger partial charge in [-0.15, -0.1) is 10.2 Å². The van der Waals surface area contributed by atoms with Gasteiger partial charge in [-0.3, -0.25) is 4.79 Å². The minimum atomic E-state index is 0.116. The number of thioether (sulfide) groups is 1. The van der Waals surface area contributed by atoms with E-state index in [1.54, 1.807) is 0 Å². The Morgan fingerprint density at radius 1 is 1.03 bits per heavy atom. The average Bonchev–Trinajstić information content (AvgIpc) is 3.19. The van der Waals surface area contributed by atoms with Crippen LogP contribution in [0, 0.1) is 6.92 Å². The lowest BCUT2D eigenvalue weighted by molar-refractivity contribution is -0.127. The van der Waals surface area contributed by atoms with Crippen LogP contribution in [0.4, 0.5) is 0 Å². The third-order valence-corrected chi connectivity index (χ3v) is 6.10. The van der Waals surface area contributed by atoms with E-state index in [1.807, 2.05) is 68.1 Å². The molecule has 0 radical (unpaired) electrons. The molecule has 164 valence electrons. The molecule has 0 saturated heterocycles. The smallest absolute Gasteiger partial charge is 0.233 e. The van der Waals surface area contributed by atoms with E-state index in [0.717, 1.165) is 35.3 Å². The molecule has 7 heteroatoms. The van der Waals surface area contributed by atoms with Gasteiger partial charge in [-0.05, 0) is 44.4 Å². The second-order valence-corrected chi connectivity index (χ2v) is 8.14. The van der Waals surface area contributed by atoms with Crippen molar-refractivity contribution in [3.8, 4) is 5.75 Å². The zero-order valence-electron chi connectivity index (χ0n) is 18.5. The maximum atomic E-state index is 12.4. The standard InChI is InChI=1S/C24H30N4O2S/c1-4-27(5-2)23(29)18-31-24-26-25-22(17-30-21-14-10-9-11-19(21)3)28(24)16-15-20-12-7-6-8-13-20/h6-14H,4-5,15-18H2,1-3H3. The highest BCUT2D eigenvalue weighted by atomic mass is 32.2. The Morgan fingerprint density at radius 3 is 2.45 bits per heavy atom. The molecule has 0 unspecified atom stereocenters. The highest BCUT2D eigenvalue weighted by molar-refractivity contribution is 7.99. The summed E-state index contributed by atoms with van der Waals surface area (Å²) in [5.41, 5.74) is 2.33. The van der Waals surface area contributed by atoms with E-state index >= 15 is 0 Å². The predicted octanol–water partition coefficient (Wildman–Crippen LogP) is 4.37. The zero-order valence-corrected chi connectivity index (χ0v) is 19.3. The normalized spacial score (nSPS) is 10.8. The van der Waals surface area contributed by atoms with Gasteiger partial charge in [-0.2, -0.15) is 0 Å². The van der Waals surface area contributed by atoms with E-state index in [2.05, 4.69) is 26.9 Å². The van der Waals surface area contributed by atoms with Gasteiger partial charge in [0.15, 0.2) is 11.0 Å². The molecular formula is C24H30N4O2S. The lowest BCUT2D eigenvalue weighted by Crippen LogP contribution is -2.32. The van der Waals surface area contributed by atoms with Gasteiger partial charge in [0.05, 0.1) is 5.75 Å². The number of carbonyl (C=O) groups excluding carboxylic acids is 1. The summed E-state index contributed by atoms with van der Waals surface area (Å²) >= 11 is 1.44. The summed E-state index contributed by atoms with van der Waals surface area (Å²) < 4.78 is 8.09. The summed E-state index contributed by atoms with van der Waals surface area (Å²) in [5, 5.41) is 9.50. The molecule has 31 heavy (non-hydrogen) atoms. The molecule has 0 bridgehead atoms. The van der Waals surface area contributed by atoms with Crippen LogP contribution in [0.2, 0.25) is 0 Å². The van der Waals surface area contributed by atoms with Crippen molar-refractivity contribution in [1.29, 1.82) is 0 Å². The maximum absolute atomic E-state index is 12.4. The molecule has 1 aromatic heterocycles.